The SMILES string of the molecule is c1ccc(-c2ccc(N(c3ccc4c(c3)sc3ccc5sc6c7ccccc7ccc6c5c34)c3ccc4oc5ccccc5c4c3)cc2)cc1. The van der Waals surface area contributed by atoms with E-state index in [-0.39, 0.29) is 0 Å². The lowest BCUT2D eigenvalue weighted by Crippen LogP contribution is -2.09. The molecule has 0 aliphatic rings. The van der Waals surface area contributed by atoms with E-state index in [0.29, 0.717) is 0 Å². The van der Waals surface area contributed by atoms with Gasteiger partial charge in [-0.15, -0.1) is 22.7 Å². The van der Waals surface area contributed by atoms with E-state index in [0.717, 1.165) is 39.0 Å². The van der Waals surface area contributed by atoms with Crippen molar-refractivity contribution in [2.75, 3.05) is 4.90 Å². The topological polar surface area (TPSA) is 16.4 Å². The van der Waals surface area contributed by atoms with E-state index < -0.39 is 0 Å². The Morgan fingerprint density at radius 2 is 1.02 bits per heavy atom. The molecule has 11 rings (SSSR count). The Labute approximate surface area is 295 Å². The molecule has 0 spiro atoms. The molecule has 0 bridgehead atoms. The average molecular weight is 674 g/mol. The Morgan fingerprint density at radius 3 is 1.90 bits per heavy atom. The van der Waals surface area contributed by atoms with E-state index in [1.54, 1.807) is 0 Å². The number of thiophene rings is 2. The predicted octanol–water partition coefficient (Wildman–Crippen LogP) is 14.6. The fourth-order valence-electron chi connectivity index (χ4n) is 7.72. The molecule has 2 nitrogen and oxygen atoms in total. The van der Waals surface area contributed by atoms with E-state index in [9.17, 15) is 0 Å². The van der Waals surface area contributed by atoms with Gasteiger partial charge in [0.1, 0.15) is 11.2 Å². The zero-order valence-corrected chi connectivity index (χ0v) is 28.4. The molecule has 0 unspecified atom stereocenters. The van der Waals surface area contributed by atoms with Crippen molar-refractivity contribution in [2.45, 2.75) is 0 Å². The molecule has 8 aromatic carbocycles. The fraction of sp³-hybridized carbons (Fsp3) is 0. The maximum atomic E-state index is 6.22. The van der Waals surface area contributed by atoms with Gasteiger partial charge < -0.3 is 9.32 Å². The second kappa shape index (κ2) is 10.8. The quantitative estimate of drug-likeness (QED) is 0.185. The minimum atomic E-state index is 0.897. The number of hydrogen-bond acceptors (Lipinski definition) is 4. The van der Waals surface area contributed by atoms with Crippen LogP contribution >= 0.6 is 22.7 Å². The van der Waals surface area contributed by atoms with Crippen LogP contribution in [0.3, 0.4) is 0 Å². The largest absolute Gasteiger partial charge is 0.456 e. The van der Waals surface area contributed by atoms with Gasteiger partial charge in [0.05, 0.1) is 0 Å². The van der Waals surface area contributed by atoms with E-state index in [4.69, 9.17) is 4.42 Å². The Morgan fingerprint density at radius 1 is 0.380 bits per heavy atom. The molecule has 50 heavy (non-hydrogen) atoms. The summed E-state index contributed by atoms with van der Waals surface area (Å²) in [7, 11) is 0. The van der Waals surface area contributed by atoms with Gasteiger partial charge >= 0.3 is 0 Å². The summed E-state index contributed by atoms with van der Waals surface area (Å²) in [6.07, 6.45) is 0. The molecule has 0 aliphatic carbocycles. The van der Waals surface area contributed by atoms with Gasteiger partial charge in [-0.05, 0) is 82.6 Å². The molecule has 0 saturated carbocycles. The molecule has 234 valence electrons. The smallest absolute Gasteiger partial charge is 0.135 e. The molecule has 0 fully saturated rings. The number of nitrogens with zero attached hydrogens (tertiary/aromatic N) is 1. The first-order valence-corrected chi connectivity index (χ1v) is 18.5. The molecule has 0 atom stereocenters. The minimum Gasteiger partial charge on any atom is -0.456 e. The molecule has 0 radical (unpaired) electrons. The van der Waals surface area contributed by atoms with Crippen molar-refractivity contribution < 1.29 is 4.42 Å². The van der Waals surface area contributed by atoms with Crippen molar-refractivity contribution in [1.29, 1.82) is 0 Å². The lowest BCUT2D eigenvalue weighted by Gasteiger charge is -2.26. The zero-order valence-electron chi connectivity index (χ0n) is 26.8. The highest BCUT2D eigenvalue weighted by Gasteiger charge is 2.19. The lowest BCUT2D eigenvalue weighted by molar-refractivity contribution is 0.669. The first kappa shape index (κ1) is 28.0. The molecule has 0 aliphatic heterocycles. The molecular weight excluding hydrogens is 647 g/mol. The van der Waals surface area contributed by atoms with Crippen molar-refractivity contribution in [3.05, 3.63) is 164 Å². The third-order valence-corrected chi connectivity index (χ3v) is 12.4. The van der Waals surface area contributed by atoms with Crippen molar-refractivity contribution in [1.82, 2.24) is 0 Å². The summed E-state index contributed by atoms with van der Waals surface area (Å²) in [6.45, 7) is 0. The van der Waals surface area contributed by atoms with Gasteiger partial charge in [-0.2, -0.15) is 0 Å². The Kier molecular flexibility index (Phi) is 6.03. The van der Waals surface area contributed by atoms with Crippen LogP contribution < -0.4 is 4.90 Å². The highest BCUT2D eigenvalue weighted by Crippen LogP contribution is 2.48. The number of furan rings is 1. The summed E-state index contributed by atoms with van der Waals surface area (Å²) in [5.74, 6) is 0. The molecule has 0 saturated heterocycles. The van der Waals surface area contributed by atoms with Crippen LogP contribution in [-0.4, -0.2) is 0 Å². The fourth-order valence-corrected chi connectivity index (χ4v) is 10.1. The number of hydrogen-bond donors (Lipinski definition) is 0. The zero-order chi connectivity index (χ0) is 32.8. The van der Waals surface area contributed by atoms with Crippen LogP contribution in [0, 0.1) is 0 Å². The van der Waals surface area contributed by atoms with Crippen LogP contribution in [-0.2, 0) is 0 Å². The molecule has 4 heteroatoms. The van der Waals surface area contributed by atoms with Gasteiger partial charge in [0, 0.05) is 68.2 Å². The van der Waals surface area contributed by atoms with Gasteiger partial charge in [-0.3, -0.25) is 0 Å². The summed E-state index contributed by atoms with van der Waals surface area (Å²) in [4.78, 5) is 2.38. The van der Waals surface area contributed by atoms with Crippen molar-refractivity contribution in [2.24, 2.45) is 0 Å². The predicted molar refractivity (Wildman–Crippen MR) is 217 cm³/mol. The molecule has 3 aromatic heterocycles. The second-order valence-electron chi connectivity index (χ2n) is 12.9. The summed E-state index contributed by atoms with van der Waals surface area (Å²) in [5, 5.41) is 10.3. The summed E-state index contributed by atoms with van der Waals surface area (Å²) in [6, 6.07) is 59.3. The van der Waals surface area contributed by atoms with Gasteiger partial charge in [-0.1, -0.05) is 103 Å². The number of para-hydroxylation sites is 1. The molecular formula is C46H27NOS2. The molecule has 0 N–H and O–H groups in total. The minimum absolute atomic E-state index is 0.897. The van der Waals surface area contributed by atoms with E-state index in [1.807, 2.05) is 34.8 Å². The first-order valence-electron chi connectivity index (χ1n) is 16.8. The van der Waals surface area contributed by atoms with Crippen LogP contribution in [0.1, 0.15) is 0 Å². The van der Waals surface area contributed by atoms with Crippen molar-refractivity contribution >= 4 is 113 Å². The van der Waals surface area contributed by atoms with Gasteiger partial charge in [0.25, 0.3) is 0 Å². The Balaban J connectivity index is 1.12. The Bertz CT molecular complexity index is 3090. The number of rotatable bonds is 4. The normalized spacial score (nSPS) is 12.0. The van der Waals surface area contributed by atoms with Crippen LogP contribution in [0.2, 0.25) is 0 Å². The molecule has 0 amide bonds. The molecule has 11 aromatic rings. The van der Waals surface area contributed by atoms with Gasteiger partial charge in [0.2, 0.25) is 0 Å². The van der Waals surface area contributed by atoms with E-state index in [1.165, 1.54) is 62.2 Å². The van der Waals surface area contributed by atoms with Crippen LogP contribution in [0.5, 0.6) is 0 Å². The number of anilines is 3. The van der Waals surface area contributed by atoms with Crippen molar-refractivity contribution in [3.63, 3.8) is 0 Å². The Hall–Kier alpha value is -5.94. The number of fused-ring (bicyclic) bond motifs is 12. The van der Waals surface area contributed by atoms with Crippen LogP contribution in [0.25, 0.3) is 84.2 Å². The third kappa shape index (κ3) is 4.19. The average Bonchev–Trinajstić information content (AvgIpc) is 3.86. The van der Waals surface area contributed by atoms with E-state index in [2.05, 4.69) is 157 Å². The molecule has 3 heterocycles. The second-order valence-corrected chi connectivity index (χ2v) is 15.0. The number of benzene rings is 8. The summed E-state index contributed by atoms with van der Waals surface area (Å²) >= 11 is 3.79. The highest BCUT2D eigenvalue weighted by atomic mass is 32.1. The van der Waals surface area contributed by atoms with Crippen LogP contribution in [0.4, 0.5) is 17.1 Å². The summed E-state index contributed by atoms with van der Waals surface area (Å²) < 4.78 is 11.5. The van der Waals surface area contributed by atoms with E-state index >= 15 is 0 Å². The van der Waals surface area contributed by atoms with Gasteiger partial charge in [0.15, 0.2) is 0 Å². The monoisotopic (exact) mass is 673 g/mol. The third-order valence-electron chi connectivity index (χ3n) is 10.1. The van der Waals surface area contributed by atoms with Gasteiger partial charge in [-0.25, -0.2) is 0 Å². The van der Waals surface area contributed by atoms with Crippen LogP contribution in [0.15, 0.2) is 168 Å². The summed E-state index contributed by atoms with van der Waals surface area (Å²) in [5.41, 5.74) is 7.54. The maximum Gasteiger partial charge on any atom is 0.135 e. The maximum absolute atomic E-state index is 6.22. The first-order chi connectivity index (χ1) is 24.8. The standard InChI is InChI=1S/C46H27NOS2/c1-2-8-28(9-3-1)29-14-17-31(18-15-29)47(32-20-23-40-38(26-32)35-12-6-7-13-39(35)48-40)33-19-22-36-43(27-33)49-41-24-25-42-45(44(36)41)37-21-16-30-10-4-5-11-34(30)46(37)50-42/h1-27H. The van der Waals surface area contributed by atoms with Crippen molar-refractivity contribution in [3.8, 4) is 11.1 Å². The highest BCUT2D eigenvalue weighted by molar-refractivity contribution is 7.28. The lowest BCUT2D eigenvalue weighted by atomic mass is 10.0.